The molecule has 2 aromatic rings. The zero-order chi connectivity index (χ0) is 16.1. The molecule has 0 amide bonds. The van der Waals surface area contributed by atoms with Crippen molar-refractivity contribution < 1.29 is 9.47 Å². The molecule has 3 heteroatoms. The topological polar surface area (TPSA) is 18.5 Å². The Labute approximate surface area is 145 Å². The van der Waals surface area contributed by atoms with Crippen LogP contribution < -0.4 is 0 Å². The molecule has 2 nitrogen and oxygen atoms in total. The van der Waals surface area contributed by atoms with E-state index in [1.807, 2.05) is 0 Å². The van der Waals surface area contributed by atoms with Gasteiger partial charge in [-0.15, -0.1) is 0 Å². The van der Waals surface area contributed by atoms with Gasteiger partial charge in [-0.05, 0) is 0 Å². The summed E-state index contributed by atoms with van der Waals surface area (Å²) in [5, 5.41) is 2.33. The molecule has 3 rings (SSSR count). The van der Waals surface area contributed by atoms with Crippen LogP contribution in [0.25, 0.3) is 0 Å². The SMILES string of the molecule is Cc1ccc(CO[C@H]2C[Se]C[C@@H]2OCc2ccc(C)cc2)cc1. The van der Waals surface area contributed by atoms with E-state index in [0.717, 1.165) is 10.6 Å². The van der Waals surface area contributed by atoms with Crippen LogP contribution in [-0.2, 0) is 22.7 Å². The first-order valence-corrected chi connectivity index (χ1v) is 10.5. The van der Waals surface area contributed by atoms with Crippen molar-refractivity contribution in [3.8, 4) is 0 Å². The summed E-state index contributed by atoms with van der Waals surface area (Å²) in [7, 11) is 0. The molecule has 0 aromatic heterocycles. The number of ether oxygens (including phenoxy) is 2. The van der Waals surface area contributed by atoms with Crippen LogP contribution in [0.4, 0.5) is 0 Å². The molecule has 1 aliphatic rings. The van der Waals surface area contributed by atoms with Gasteiger partial charge in [0.05, 0.1) is 0 Å². The molecule has 2 atom stereocenters. The van der Waals surface area contributed by atoms with Crippen molar-refractivity contribution in [3.63, 3.8) is 0 Å². The van der Waals surface area contributed by atoms with E-state index in [2.05, 4.69) is 62.4 Å². The van der Waals surface area contributed by atoms with Crippen molar-refractivity contribution in [1.29, 1.82) is 0 Å². The molecular formula is C20H24O2Se. The second-order valence-corrected chi connectivity index (χ2v) is 8.46. The zero-order valence-electron chi connectivity index (χ0n) is 13.8. The maximum absolute atomic E-state index is 6.14. The van der Waals surface area contributed by atoms with Crippen LogP contribution in [0.5, 0.6) is 0 Å². The Hall–Kier alpha value is -1.12. The van der Waals surface area contributed by atoms with Gasteiger partial charge in [-0.3, -0.25) is 0 Å². The molecular weight excluding hydrogens is 351 g/mol. The predicted octanol–water partition coefficient (Wildman–Crippen LogP) is 4.33. The van der Waals surface area contributed by atoms with Gasteiger partial charge in [-0.1, -0.05) is 0 Å². The number of benzene rings is 2. The molecule has 1 fully saturated rings. The van der Waals surface area contributed by atoms with Gasteiger partial charge >= 0.3 is 145 Å². The van der Waals surface area contributed by atoms with Crippen LogP contribution in [0.1, 0.15) is 22.3 Å². The zero-order valence-corrected chi connectivity index (χ0v) is 15.5. The first kappa shape index (κ1) is 16.7. The Morgan fingerprint density at radius 1 is 0.739 bits per heavy atom. The number of hydrogen-bond acceptors (Lipinski definition) is 2. The van der Waals surface area contributed by atoms with E-state index in [1.165, 1.54) is 22.3 Å². The normalized spacial score (nSPS) is 20.8. The third-order valence-corrected chi connectivity index (χ3v) is 6.52. The molecule has 0 spiro atoms. The van der Waals surface area contributed by atoms with E-state index in [1.54, 1.807) is 0 Å². The molecule has 1 saturated heterocycles. The van der Waals surface area contributed by atoms with Gasteiger partial charge < -0.3 is 0 Å². The first-order valence-electron chi connectivity index (χ1n) is 8.13. The number of aryl methyl sites for hydroxylation is 2. The van der Waals surface area contributed by atoms with Gasteiger partial charge in [0, 0.05) is 0 Å². The van der Waals surface area contributed by atoms with Crippen molar-refractivity contribution in [2.75, 3.05) is 0 Å². The van der Waals surface area contributed by atoms with Gasteiger partial charge in [0.15, 0.2) is 0 Å². The molecule has 0 aliphatic carbocycles. The van der Waals surface area contributed by atoms with E-state index < -0.39 is 0 Å². The van der Waals surface area contributed by atoms with Crippen LogP contribution in [-0.4, -0.2) is 27.2 Å². The Morgan fingerprint density at radius 2 is 1.13 bits per heavy atom. The van der Waals surface area contributed by atoms with Crippen molar-refractivity contribution in [2.45, 2.75) is 49.9 Å². The van der Waals surface area contributed by atoms with Gasteiger partial charge in [0.2, 0.25) is 0 Å². The quantitative estimate of drug-likeness (QED) is 0.700. The first-order chi connectivity index (χ1) is 11.2. The predicted molar refractivity (Wildman–Crippen MR) is 94.9 cm³/mol. The molecule has 0 radical (unpaired) electrons. The third kappa shape index (κ3) is 4.92. The summed E-state index contributed by atoms with van der Waals surface area (Å²) in [4.78, 5) is 0. The van der Waals surface area contributed by atoms with Gasteiger partial charge in [0.1, 0.15) is 0 Å². The van der Waals surface area contributed by atoms with E-state index in [9.17, 15) is 0 Å². The number of rotatable bonds is 6. The number of hydrogen-bond donors (Lipinski definition) is 0. The summed E-state index contributed by atoms with van der Waals surface area (Å²) in [6.07, 6.45) is 0.503. The summed E-state index contributed by atoms with van der Waals surface area (Å²) in [5.41, 5.74) is 5.06. The van der Waals surface area contributed by atoms with Crippen molar-refractivity contribution in [2.24, 2.45) is 0 Å². The van der Waals surface area contributed by atoms with Crippen LogP contribution in [0.15, 0.2) is 48.5 Å². The molecule has 122 valence electrons. The van der Waals surface area contributed by atoms with Crippen LogP contribution in [0.2, 0.25) is 10.6 Å². The summed E-state index contributed by atoms with van der Waals surface area (Å²) in [6.45, 7) is 5.59. The fraction of sp³-hybridized carbons (Fsp3) is 0.400. The summed E-state index contributed by atoms with van der Waals surface area (Å²) < 4.78 is 12.3. The van der Waals surface area contributed by atoms with Crippen molar-refractivity contribution in [3.05, 3.63) is 70.8 Å². The van der Waals surface area contributed by atoms with E-state index in [4.69, 9.17) is 9.47 Å². The van der Waals surface area contributed by atoms with E-state index in [0.29, 0.717) is 28.2 Å². The molecule has 23 heavy (non-hydrogen) atoms. The molecule has 1 aliphatic heterocycles. The van der Waals surface area contributed by atoms with Gasteiger partial charge in [0.25, 0.3) is 0 Å². The molecule has 1 heterocycles. The minimum atomic E-state index is 0.252. The van der Waals surface area contributed by atoms with Gasteiger partial charge in [-0.2, -0.15) is 0 Å². The summed E-state index contributed by atoms with van der Waals surface area (Å²) in [6, 6.07) is 17.2. The average Bonchev–Trinajstić information content (AvgIpc) is 3.01. The second kappa shape index (κ2) is 8.12. The Bertz CT molecular complexity index is 551. The standard InChI is InChI=1S/C20H24O2Se/c1-15-3-7-17(8-4-15)11-21-19-13-23-14-20(19)22-12-18-9-5-16(2)6-10-18/h3-10,19-20H,11-14H2,1-2H3/t19-,20-/m0/s1. The molecule has 0 N–H and O–H groups in total. The minimum absolute atomic E-state index is 0.252. The fourth-order valence-electron chi connectivity index (χ4n) is 2.60. The molecule has 2 aromatic carbocycles. The maximum atomic E-state index is 6.14. The van der Waals surface area contributed by atoms with Crippen molar-refractivity contribution in [1.82, 2.24) is 0 Å². The van der Waals surface area contributed by atoms with Crippen molar-refractivity contribution >= 4 is 15.0 Å². The monoisotopic (exact) mass is 376 g/mol. The Balaban J connectivity index is 1.49. The Kier molecular flexibility index (Phi) is 5.90. The van der Waals surface area contributed by atoms with E-state index in [-0.39, 0.29) is 12.2 Å². The summed E-state index contributed by atoms with van der Waals surface area (Å²) in [5.74, 6) is 0. The summed E-state index contributed by atoms with van der Waals surface area (Å²) >= 11 is 0.649. The van der Waals surface area contributed by atoms with E-state index >= 15 is 0 Å². The van der Waals surface area contributed by atoms with Crippen LogP contribution >= 0.6 is 0 Å². The molecule has 0 bridgehead atoms. The van der Waals surface area contributed by atoms with Gasteiger partial charge in [-0.25, -0.2) is 0 Å². The molecule has 0 unspecified atom stereocenters. The second-order valence-electron chi connectivity index (χ2n) is 6.21. The fourth-order valence-corrected chi connectivity index (χ4v) is 5.17. The molecule has 0 saturated carbocycles. The third-order valence-electron chi connectivity index (χ3n) is 4.15. The van der Waals surface area contributed by atoms with Crippen LogP contribution in [0, 0.1) is 13.8 Å². The Morgan fingerprint density at radius 3 is 1.52 bits per heavy atom. The van der Waals surface area contributed by atoms with Crippen LogP contribution in [0.3, 0.4) is 0 Å². The average molecular weight is 375 g/mol.